The maximum absolute atomic E-state index is 14.4. The molecule has 5 fully saturated rings. The third-order valence-corrected chi connectivity index (χ3v) is 8.92. The molecule has 1 amide bonds. The predicted octanol–water partition coefficient (Wildman–Crippen LogP) is 0.848. The average Bonchev–Trinajstić information content (AvgIpc) is 3.41. The molecule has 8 unspecified atom stereocenters. The molecule has 0 aromatic rings. The molecule has 2 saturated carbocycles. The standard InChI is InChI=1S/C24H43FN6O2/c1-31-22(29-30-23(31)17-9-10-26-12-19(17)25)13-27-16-6-4-5-15(11-16)24(32)28-20-14-33-21-8-3-2-7-18(20)21/h15-23,26-27,29-30H,2-14H2,1H3,(H,28,32)/t15?,16?,17?,18?,19?,20-,21?,22?,23?/m1/s1. The zero-order valence-corrected chi connectivity index (χ0v) is 20.0. The summed E-state index contributed by atoms with van der Waals surface area (Å²) in [6.07, 6.45) is 9.41. The molecule has 33 heavy (non-hydrogen) atoms. The predicted molar refractivity (Wildman–Crippen MR) is 125 cm³/mol. The van der Waals surface area contributed by atoms with Crippen molar-refractivity contribution in [2.24, 2.45) is 17.8 Å². The van der Waals surface area contributed by atoms with Crippen molar-refractivity contribution >= 4 is 5.91 Å². The largest absolute Gasteiger partial charge is 0.376 e. The van der Waals surface area contributed by atoms with Crippen LogP contribution in [-0.2, 0) is 9.53 Å². The van der Waals surface area contributed by atoms with Gasteiger partial charge in [-0.3, -0.25) is 9.69 Å². The van der Waals surface area contributed by atoms with Crippen molar-refractivity contribution < 1.29 is 13.9 Å². The summed E-state index contributed by atoms with van der Waals surface area (Å²) in [5.74, 6) is 0.813. The maximum atomic E-state index is 14.4. The number of fused-ring (bicyclic) bond motifs is 1. The van der Waals surface area contributed by atoms with Crippen molar-refractivity contribution in [3.8, 4) is 0 Å². The van der Waals surface area contributed by atoms with Crippen LogP contribution in [0.1, 0.15) is 57.8 Å². The Morgan fingerprint density at radius 3 is 2.85 bits per heavy atom. The number of rotatable bonds is 6. The number of hydrogen-bond donors (Lipinski definition) is 5. The van der Waals surface area contributed by atoms with E-state index in [9.17, 15) is 9.18 Å². The first kappa shape index (κ1) is 23.9. The van der Waals surface area contributed by atoms with Gasteiger partial charge in [0.25, 0.3) is 0 Å². The van der Waals surface area contributed by atoms with E-state index in [4.69, 9.17) is 4.74 Å². The van der Waals surface area contributed by atoms with E-state index in [1.807, 2.05) is 0 Å². The lowest BCUT2D eigenvalue weighted by Gasteiger charge is -2.35. The first-order valence-electron chi connectivity index (χ1n) is 13.3. The topological polar surface area (TPSA) is 89.7 Å². The molecule has 5 N–H and O–H groups in total. The SMILES string of the molecule is CN1C(CNC2CCCC(C(=O)N[C@@H]3COC4CCCCC43)C2)NNC1C1CCNCC1F. The molecule has 0 aromatic carbocycles. The molecule has 0 bridgehead atoms. The van der Waals surface area contributed by atoms with Crippen molar-refractivity contribution in [2.75, 3.05) is 33.3 Å². The van der Waals surface area contributed by atoms with Gasteiger partial charge in [-0.2, -0.15) is 0 Å². The number of likely N-dealkylation sites (N-methyl/N-ethyl adjacent to an activating group) is 1. The molecular formula is C24H43FN6O2. The molecule has 9 heteroatoms. The Kier molecular flexibility index (Phi) is 7.84. The van der Waals surface area contributed by atoms with E-state index in [2.05, 4.69) is 38.7 Å². The van der Waals surface area contributed by atoms with Crippen molar-refractivity contribution in [3.63, 3.8) is 0 Å². The van der Waals surface area contributed by atoms with Crippen molar-refractivity contribution in [3.05, 3.63) is 0 Å². The fraction of sp³-hybridized carbons (Fsp3) is 0.958. The number of alkyl halides is 1. The Balaban J connectivity index is 1.07. The summed E-state index contributed by atoms with van der Waals surface area (Å²) in [6, 6.07) is 0.545. The Morgan fingerprint density at radius 2 is 1.97 bits per heavy atom. The summed E-state index contributed by atoms with van der Waals surface area (Å²) in [7, 11) is 2.07. The fourth-order valence-corrected chi connectivity index (χ4v) is 6.86. The lowest BCUT2D eigenvalue weighted by molar-refractivity contribution is -0.127. The Hall–Kier alpha value is -0.840. The lowest BCUT2D eigenvalue weighted by Crippen LogP contribution is -2.52. The fourth-order valence-electron chi connectivity index (χ4n) is 6.86. The van der Waals surface area contributed by atoms with Crippen LogP contribution in [0, 0.1) is 17.8 Å². The van der Waals surface area contributed by atoms with Gasteiger partial charge in [-0.05, 0) is 52.1 Å². The number of ether oxygens (including phenoxy) is 1. The van der Waals surface area contributed by atoms with Gasteiger partial charge in [0, 0.05) is 36.9 Å². The quantitative estimate of drug-likeness (QED) is 0.397. The molecule has 5 rings (SSSR count). The zero-order valence-electron chi connectivity index (χ0n) is 20.0. The first-order valence-corrected chi connectivity index (χ1v) is 13.3. The lowest BCUT2D eigenvalue weighted by atomic mass is 9.82. The molecule has 9 atom stereocenters. The van der Waals surface area contributed by atoms with Gasteiger partial charge < -0.3 is 20.7 Å². The summed E-state index contributed by atoms with van der Waals surface area (Å²) in [5.41, 5.74) is 6.68. The highest BCUT2D eigenvalue weighted by molar-refractivity contribution is 5.79. The van der Waals surface area contributed by atoms with Crippen LogP contribution in [0.15, 0.2) is 0 Å². The first-order chi connectivity index (χ1) is 16.1. The third kappa shape index (κ3) is 5.38. The smallest absolute Gasteiger partial charge is 0.223 e. The number of carbonyl (C=O) groups is 1. The molecule has 8 nitrogen and oxygen atoms in total. The summed E-state index contributed by atoms with van der Waals surface area (Å²) < 4.78 is 20.4. The molecule has 0 aromatic heterocycles. The van der Waals surface area contributed by atoms with E-state index in [0.29, 0.717) is 31.2 Å². The minimum atomic E-state index is -0.820. The number of hydrogen-bond acceptors (Lipinski definition) is 7. The van der Waals surface area contributed by atoms with E-state index >= 15 is 0 Å². The summed E-state index contributed by atoms with van der Waals surface area (Å²) in [6.45, 7) is 2.78. The Bertz CT molecular complexity index is 671. The summed E-state index contributed by atoms with van der Waals surface area (Å²) in [4.78, 5) is 15.3. The van der Waals surface area contributed by atoms with Crippen LogP contribution in [0.5, 0.6) is 0 Å². The van der Waals surface area contributed by atoms with Gasteiger partial charge in [0.05, 0.1) is 31.1 Å². The molecule has 2 aliphatic carbocycles. The minimum Gasteiger partial charge on any atom is -0.376 e. The van der Waals surface area contributed by atoms with Crippen LogP contribution < -0.4 is 26.8 Å². The average molecular weight is 467 g/mol. The van der Waals surface area contributed by atoms with Crippen LogP contribution in [0.2, 0.25) is 0 Å². The van der Waals surface area contributed by atoms with Gasteiger partial charge in [0.15, 0.2) is 0 Å². The second-order valence-corrected chi connectivity index (χ2v) is 11.0. The third-order valence-electron chi connectivity index (χ3n) is 8.92. The minimum absolute atomic E-state index is 0.000152. The van der Waals surface area contributed by atoms with E-state index in [0.717, 1.165) is 51.6 Å². The Morgan fingerprint density at radius 1 is 1.09 bits per heavy atom. The highest BCUT2D eigenvalue weighted by Gasteiger charge is 2.42. The molecule has 3 heterocycles. The highest BCUT2D eigenvalue weighted by Crippen LogP contribution is 2.35. The number of nitrogens with zero attached hydrogens (tertiary/aromatic N) is 1. The second-order valence-electron chi connectivity index (χ2n) is 11.0. The Labute approximate surface area is 197 Å². The maximum Gasteiger partial charge on any atom is 0.223 e. The van der Waals surface area contributed by atoms with Gasteiger partial charge in [-0.15, -0.1) is 0 Å². The monoisotopic (exact) mass is 466 g/mol. The number of halogens is 1. The van der Waals surface area contributed by atoms with E-state index in [-0.39, 0.29) is 36.1 Å². The molecule has 0 spiro atoms. The van der Waals surface area contributed by atoms with Crippen molar-refractivity contribution in [1.29, 1.82) is 0 Å². The molecule has 0 radical (unpaired) electrons. The molecule has 3 saturated heterocycles. The van der Waals surface area contributed by atoms with Gasteiger partial charge in [0.2, 0.25) is 5.91 Å². The molecular weight excluding hydrogens is 423 g/mol. The van der Waals surface area contributed by atoms with Gasteiger partial charge in [-0.25, -0.2) is 15.2 Å². The van der Waals surface area contributed by atoms with Crippen molar-refractivity contribution in [1.82, 2.24) is 31.7 Å². The highest BCUT2D eigenvalue weighted by atomic mass is 19.1. The van der Waals surface area contributed by atoms with Gasteiger partial charge >= 0.3 is 0 Å². The second kappa shape index (κ2) is 10.8. The van der Waals surface area contributed by atoms with Crippen LogP contribution in [-0.4, -0.2) is 80.8 Å². The molecule has 5 aliphatic rings. The van der Waals surface area contributed by atoms with Crippen LogP contribution in [0.4, 0.5) is 4.39 Å². The van der Waals surface area contributed by atoms with E-state index in [1.165, 1.54) is 19.3 Å². The van der Waals surface area contributed by atoms with Gasteiger partial charge in [-0.1, -0.05) is 19.3 Å². The number of piperidine rings is 1. The van der Waals surface area contributed by atoms with Crippen LogP contribution in [0.25, 0.3) is 0 Å². The van der Waals surface area contributed by atoms with Crippen LogP contribution >= 0.6 is 0 Å². The summed E-state index contributed by atoms with van der Waals surface area (Å²) >= 11 is 0. The normalized spacial score (nSPS) is 44.5. The molecule has 3 aliphatic heterocycles. The number of nitrogens with one attached hydrogen (secondary N) is 5. The number of amides is 1. The van der Waals surface area contributed by atoms with E-state index < -0.39 is 6.17 Å². The van der Waals surface area contributed by atoms with Gasteiger partial charge in [0.1, 0.15) is 6.17 Å². The van der Waals surface area contributed by atoms with Crippen LogP contribution in [0.3, 0.4) is 0 Å². The summed E-state index contributed by atoms with van der Waals surface area (Å²) in [5, 5.41) is 10.2. The molecule has 188 valence electrons. The number of hydrazine groups is 1. The van der Waals surface area contributed by atoms with Crippen molar-refractivity contribution in [2.45, 2.75) is 94.5 Å². The van der Waals surface area contributed by atoms with E-state index in [1.54, 1.807) is 0 Å². The number of carbonyl (C=O) groups excluding carboxylic acids is 1. The zero-order chi connectivity index (χ0) is 22.8.